The van der Waals surface area contributed by atoms with Gasteiger partial charge in [-0.1, -0.05) is 280 Å². The van der Waals surface area contributed by atoms with Crippen LogP contribution in [0.4, 0.5) is 0 Å². The summed E-state index contributed by atoms with van der Waals surface area (Å²) in [5.41, 5.74) is 0. The normalized spacial score (nSPS) is 14.6. The quantitative estimate of drug-likeness (QED) is 0.0222. The van der Waals surface area contributed by atoms with Gasteiger partial charge in [0, 0.05) is 25.7 Å². The van der Waals surface area contributed by atoms with Crippen molar-refractivity contribution < 1.29 is 80.2 Å². The average molecular weight is 1280 g/mol. The van der Waals surface area contributed by atoms with Gasteiger partial charge in [0.05, 0.1) is 26.4 Å². The third-order valence-corrected chi connectivity index (χ3v) is 17.8. The summed E-state index contributed by atoms with van der Waals surface area (Å²) in [4.78, 5) is 72.4. The van der Waals surface area contributed by atoms with Crippen molar-refractivity contribution >= 4 is 39.5 Å². The van der Waals surface area contributed by atoms with Crippen molar-refractivity contribution in [2.75, 3.05) is 39.6 Å². The van der Waals surface area contributed by atoms with Crippen LogP contribution in [-0.2, 0) is 65.4 Å². The molecule has 17 nitrogen and oxygen atoms in total. The van der Waals surface area contributed by atoms with Gasteiger partial charge < -0.3 is 33.8 Å². The molecule has 6 atom stereocenters. The van der Waals surface area contributed by atoms with Crippen molar-refractivity contribution in [1.82, 2.24) is 0 Å². The van der Waals surface area contributed by atoms with E-state index in [-0.39, 0.29) is 25.7 Å². The molecule has 0 rings (SSSR count). The Morgan fingerprint density at radius 1 is 0.322 bits per heavy atom. The van der Waals surface area contributed by atoms with E-state index < -0.39 is 97.5 Å². The lowest BCUT2D eigenvalue weighted by molar-refractivity contribution is -0.161. The van der Waals surface area contributed by atoms with Crippen LogP contribution in [0, 0.1) is 23.7 Å². The lowest BCUT2D eigenvalue weighted by Crippen LogP contribution is -2.30. The molecular formula is C68H132O17P2. The molecular weight excluding hydrogens is 1150 g/mol. The van der Waals surface area contributed by atoms with Gasteiger partial charge in [-0.15, -0.1) is 0 Å². The highest BCUT2D eigenvalue weighted by atomic mass is 31.2. The Hall–Kier alpha value is -1.94. The largest absolute Gasteiger partial charge is 0.472 e. The van der Waals surface area contributed by atoms with Crippen LogP contribution in [0.25, 0.3) is 0 Å². The van der Waals surface area contributed by atoms with Crippen LogP contribution < -0.4 is 0 Å². The molecule has 0 bridgehead atoms. The molecule has 0 aliphatic carbocycles. The minimum atomic E-state index is -4.95. The molecule has 0 aliphatic rings. The molecule has 516 valence electrons. The number of phosphoric acid groups is 2. The first-order chi connectivity index (χ1) is 41.6. The van der Waals surface area contributed by atoms with Crippen molar-refractivity contribution in [1.29, 1.82) is 0 Å². The second kappa shape index (κ2) is 57.9. The lowest BCUT2D eigenvalue weighted by atomic mass is 9.99. The van der Waals surface area contributed by atoms with Gasteiger partial charge in [0.15, 0.2) is 12.2 Å². The fraction of sp³-hybridized carbons (Fsp3) is 0.941. The standard InChI is InChI=1S/C68H132O17P2/c1-9-61(8)47-39-31-23-16-18-26-35-43-51-68(73)85-64(55-79-66(71)49-41-33-27-19-22-30-38-46-60(6)7)57-83-87(76,77)81-53-62(69)52-80-86(74,75)82-56-63(54-78-65(70)48-40-32-24-17-15-21-29-37-45-59(4)5)84-67(72)50-42-34-25-14-12-10-11-13-20-28-36-44-58(2)3/h58-64,69H,9-57H2,1-8H3,(H,74,75)(H,76,77)/t61?,62?,63-,64-/m1/s1. The van der Waals surface area contributed by atoms with Crippen molar-refractivity contribution in [2.24, 2.45) is 23.7 Å². The van der Waals surface area contributed by atoms with Gasteiger partial charge in [-0.05, 0) is 49.4 Å². The summed E-state index contributed by atoms with van der Waals surface area (Å²) in [5.74, 6) is 0.832. The summed E-state index contributed by atoms with van der Waals surface area (Å²) in [5, 5.41) is 10.6. The van der Waals surface area contributed by atoms with Crippen LogP contribution >= 0.6 is 15.6 Å². The van der Waals surface area contributed by atoms with Crippen LogP contribution in [0.15, 0.2) is 0 Å². The zero-order valence-corrected chi connectivity index (χ0v) is 58.4. The second-order valence-corrected chi connectivity index (χ2v) is 29.1. The van der Waals surface area contributed by atoms with Gasteiger partial charge in [-0.3, -0.25) is 37.3 Å². The maximum Gasteiger partial charge on any atom is 0.472 e. The van der Waals surface area contributed by atoms with Gasteiger partial charge in [0.25, 0.3) is 0 Å². The van der Waals surface area contributed by atoms with Crippen LogP contribution in [0.3, 0.4) is 0 Å². The number of hydrogen-bond acceptors (Lipinski definition) is 15. The Labute approximate surface area is 530 Å². The highest BCUT2D eigenvalue weighted by molar-refractivity contribution is 7.47. The van der Waals surface area contributed by atoms with Crippen molar-refractivity contribution in [3.05, 3.63) is 0 Å². The molecule has 87 heavy (non-hydrogen) atoms. The Morgan fingerprint density at radius 3 is 0.816 bits per heavy atom. The predicted molar refractivity (Wildman–Crippen MR) is 349 cm³/mol. The molecule has 0 aromatic rings. The Balaban J connectivity index is 5.27. The van der Waals surface area contributed by atoms with Gasteiger partial charge in [-0.2, -0.15) is 0 Å². The van der Waals surface area contributed by atoms with Crippen LogP contribution in [0.2, 0.25) is 0 Å². The Bertz CT molecular complexity index is 1730. The van der Waals surface area contributed by atoms with E-state index in [1.54, 1.807) is 0 Å². The zero-order valence-electron chi connectivity index (χ0n) is 56.6. The average Bonchev–Trinajstić information content (AvgIpc) is 3.63. The molecule has 0 fully saturated rings. The number of esters is 4. The first-order valence-corrected chi connectivity index (χ1v) is 38.2. The maximum absolute atomic E-state index is 13.0. The number of aliphatic hydroxyl groups is 1. The van der Waals surface area contributed by atoms with E-state index in [1.807, 2.05) is 0 Å². The topological polar surface area (TPSA) is 237 Å². The van der Waals surface area contributed by atoms with E-state index in [1.165, 1.54) is 128 Å². The highest BCUT2D eigenvalue weighted by Gasteiger charge is 2.30. The molecule has 3 N–H and O–H groups in total. The highest BCUT2D eigenvalue weighted by Crippen LogP contribution is 2.45. The molecule has 0 spiro atoms. The molecule has 0 aliphatic heterocycles. The number of phosphoric ester groups is 2. The third kappa shape index (κ3) is 61.3. The summed E-state index contributed by atoms with van der Waals surface area (Å²) in [6.45, 7) is 14.0. The number of carbonyl (C=O) groups is 4. The molecule has 0 aromatic heterocycles. The monoisotopic (exact) mass is 1280 g/mol. The van der Waals surface area contributed by atoms with E-state index in [0.717, 1.165) is 114 Å². The number of ether oxygens (including phenoxy) is 4. The summed E-state index contributed by atoms with van der Waals surface area (Å²) >= 11 is 0. The Kier molecular flexibility index (Phi) is 56.6. The summed E-state index contributed by atoms with van der Waals surface area (Å²) in [6.07, 6.45) is 39.0. The maximum atomic E-state index is 13.0. The molecule has 0 aromatic carbocycles. The number of unbranched alkanes of at least 4 members (excludes halogenated alkanes) is 30. The van der Waals surface area contributed by atoms with E-state index >= 15 is 0 Å². The number of rotatable bonds is 65. The minimum absolute atomic E-state index is 0.104. The summed E-state index contributed by atoms with van der Waals surface area (Å²) in [6, 6.07) is 0. The van der Waals surface area contributed by atoms with E-state index in [2.05, 4.69) is 55.4 Å². The molecule has 19 heteroatoms. The second-order valence-electron chi connectivity index (χ2n) is 26.2. The van der Waals surface area contributed by atoms with Gasteiger partial charge in [0.2, 0.25) is 0 Å². The van der Waals surface area contributed by atoms with Gasteiger partial charge in [-0.25, -0.2) is 9.13 Å². The number of hydrogen-bond donors (Lipinski definition) is 3. The fourth-order valence-corrected chi connectivity index (χ4v) is 11.7. The minimum Gasteiger partial charge on any atom is -0.462 e. The lowest BCUT2D eigenvalue weighted by Gasteiger charge is -2.21. The van der Waals surface area contributed by atoms with Crippen molar-refractivity contribution in [2.45, 2.75) is 350 Å². The SMILES string of the molecule is CCC(C)CCCCCCCCCCC(=O)O[C@H](COC(=O)CCCCCCCCCC(C)C)COP(=O)(O)OCC(O)COP(=O)(O)OC[C@@H](COC(=O)CCCCCCCCCCC(C)C)OC(=O)CCCCCCCCCCCCCC(C)C. The number of carbonyl (C=O) groups excluding carboxylic acids is 4. The van der Waals surface area contributed by atoms with Crippen LogP contribution in [0.5, 0.6) is 0 Å². The molecule has 0 saturated heterocycles. The van der Waals surface area contributed by atoms with E-state index in [4.69, 9.17) is 37.0 Å². The van der Waals surface area contributed by atoms with Crippen LogP contribution in [-0.4, -0.2) is 96.7 Å². The molecule has 0 heterocycles. The summed E-state index contributed by atoms with van der Waals surface area (Å²) in [7, 11) is -9.90. The van der Waals surface area contributed by atoms with E-state index in [9.17, 15) is 43.2 Å². The zero-order chi connectivity index (χ0) is 64.7. The third-order valence-electron chi connectivity index (χ3n) is 15.9. The van der Waals surface area contributed by atoms with Gasteiger partial charge >= 0.3 is 39.5 Å². The van der Waals surface area contributed by atoms with E-state index in [0.29, 0.717) is 31.6 Å². The summed E-state index contributed by atoms with van der Waals surface area (Å²) < 4.78 is 68.2. The fourth-order valence-electron chi connectivity index (χ4n) is 10.1. The van der Waals surface area contributed by atoms with Crippen LogP contribution in [0.1, 0.15) is 331 Å². The smallest absolute Gasteiger partial charge is 0.462 e. The Morgan fingerprint density at radius 2 is 0.552 bits per heavy atom. The van der Waals surface area contributed by atoms with Crippen molar-refractivity contribution in [3.8, 4) is 0 Å². The molecule has 0 saturated carbocycles. The predicted octanol–water partition coefficient (Wildman–Crippen LogP) is 18.9. The molecule has 0 amide bonds. The first-order valence-electron chi connectivity index (χ1n) is 35.2. The molecule has 4 unspecified atom stereocenters. The molecule has 0 radical (unpaired) electrons. The first kappa shape index (κ1) is 85.1. The van der Waals surface area contributed by atoms with Crippen molar-refractivity contribution in [3.63, 3.8) is 0 Å². The number of aliphatic hydroxyl groups excluding tert-OH is 1. The van der Waals surface area contributed by atoms with Gasteiger partial charge in [0.1, 0.15) is 19.3 Å².